The molecule has 9 nitrogen and oxygen atoms in total. The van der Waals surface area contributed by atoms with Gasteiger partial charge < -0.3 is 24.0 Å². The number of hydrogen-bond acceptors (Lipinski definition) is 6. The summed E-state index contributed by atoms with van der Waals surface area (Å²) in [6, 6.07) is 7.64. The van der Waals surface area contributed by atoms with Crippen molar-refractivity contribution in [3.05, 3.63) is 36.0 Å². The SMILES string of the molecule is CO[C@@H]1C[C@@H](CC(=O)N2CCC(c3cn(C(=O)OC(C)(C)C)c4ccccc34)CC2)N(C(=O)OC(C)(C)C)C1. The Morgan fingerprint density at radius 3 is 2.15 bits per heavy atom. The summed E-state index contributed by atoms with van der Waals surface area (Å²) in [7, 11) is 1.63. The number of aromatic nitrogens is 1. The van der Waals surface area contributed by atoms with Crippen LogP contribution in [0, 0.1) is 0 Å². The van der Waals surface area contributed by atoms with Gasteiger partial charge in [0.25, 0.3) is 0 Å². The number of ether oxygens (including phenoxy) is 3. The largest absolute Gasteiger partial charge is 0.444 e. The molecule has 214 valence electrons. The number of carbonyl (C=O) groups is 3. The van der Waals surface area contributed by atoms with Gasteiger partial charge >= 0.3 is 12.2 Å². The van der Waals surface area contributed by atoms with Gasteiger partial charge in [0, 0.05) is 44.2 Å². The summed E-state index contributed by atoms with van der Waals surface area (Å²) in [5.41, 5.74) is 0.746. The minimum atomic E-state index is -0.606. The highest BCUT2D eigenvalue weighted by atomic mass is 16.6. The molecular formula is C30H43N3O6. The Morgan fingerprint density at radius 1 is 0.923 bits per heavy atom. The third-order valence-corrected chi connectivity index (χ3v) is 7.37. The Labute approximate surface area is 231 Å². The smallest absolute Gasteiger partial charge is 0.419 e. The fraction of sp³-hybridized carbons (Fsp3) is 0.633. The molecule has 2 fully saturated rings. The molecule has 2 aliphatic heterocycles. The summed E-state index contributed by atoms with van der Waals surface area (Å²) in [5, 5.41) is 1.04. The van der Waals surface area contributed by atoms with Crippen molar-refractivity contribution < 1.29 is 28.6 Å². The lowest BCUT2D eigenvalue weighted by Crippen LogP contribution is -2.44. The van der Waals surface area contributed by atoms with Crippen LogP contribution in [0.15, 0.2) is 30.5 Å². The first-order valence-corrected chi connectivity index (χ1v) is 13.9. The van der Waals surface area contributed by atoms with E-state index < -0.39 is 23.4 Å². The second kappa shape index (κ2) is 11.2. The molecule has 0 bridgehead atoms. The van der Waals surface area contributed by atoms with Gasteiger partial charge in [-0.25, -0.2) is 9.59 Å². The first-order chi connectivity index (χ1) is 18.3. The summed E-state index contributed by atoms with van der Waals surface area (Å²) in [6.07, 6.45) is 3.47. The van der Waals surface area contributed by atoms with Crippen molar-refractivity contribution in [3.63, 3.8) is 0 Å². The van der Waals surface area contributed by atoms with Crippen LogP contribution in [0.25, 0.3) is 10.9 Å². The van der Waals surface area contributed by atoms with Gasteiger partial charge in [-0.2, -0.15) is 0 Å². The third-order valence-electron chi connectivity index (χ3n) is 7.37. The van der Waals surface area contributed by atoms with Gasteiger partial charge in [0.2, 0.25) is 5.91 Å². The van der Waals surface area contributed by atoms with Crippen molar-refractivity contribution in [1.82, 2.24) is 14.4 Å². The van der Waals surface area contributed by atoms with E-state index in [-0.39, 0.29) is 30.4 Å². The summed E-state index contributed by atoms with van der Waals surface area (Å²) >= 11 is 0. The number of piperidine rings is 1. The van der Waals surface area contributed by atoms with Gasteiger partial charge in [-0.3, -0.25) is 9.36 Å². The molecule has 0 N–H and O–H groups in total. The molecule has 2 aromatic rings. The van der Waals surface area contributed by atoms with Crippen LogP contribution in [0.5, 0.6) is 0 Å². The van der Waals surface area contributed by atoms with Crippen molar-refractivity contribution in [3.8, 4) is 0 Å². The van der Waals surface area contributed by atoms with Crippen molar-refractivity contribution in [2.24, 2.45) is 0 Å². The molecule has 0 saturated carbocycles. The van der Waals surface area contributed by atoms with Crippen LogP contribution in [0.4, 0.5) is 9.59 Å². The van der Waals surface area contributed by atoms with Crippen LogP contribution in [0.2, 0.25) is 0 Å². The van der Waals surface area contributed by atoms with E-state index in [4.69, 9.17) is 14.2 Å². The molecule has 9 heteroatoms. The number of carbonyl (C=O) groups excluding carboxylic acids is 3. The van der Waals surface area contributed by atoms with Crippen molar-refractivity contribution in [2.45, 2.75) is 96.5 Å². The molecule has 2 atom stereocenters. The zero-order valence-corrected chi connectivity index (χ0v) is 24.4. The van der Waals surface area contributed by atoms with Crippen LogP contribution in [-0.4, -0.2) is 82.6 Å². The maximum absolute atomic E-state index is 13.3. The number of methoxy groups -OCH3 is 1. The monoisotopic (exact) mass is 541 g/mol. The maximum Gasteiger partial charge on any atom is 0.419 e. The van der Waals surface area contributed by atoms with E-state index >= 15 is 0 Å². The Kier molecular flexibility index (Phi) is 8.30. The molecule has 2 aliphatic rings. The van der Waals surface area contributed by atoms with E-state index in [9.17, 15) is 14.4 Å². The number of fused-ring (bicyclic) bond motifs is 1. The molecule has 1 aromatic carbocycles. The standard InChI is InChI=1S/C30H43N3O6/c1-29(2,3)38-27(35)32-18-22(37-7)16-21(32)17-26(34)31-14-12-20(13-15-31)24-19-33(28(36)39-30(4,5)6)25-11-9-8-10-23(24)25/h8-11,19-22H,12-18H2,1-7H3/t21-,22+/m0/s1. The predicted octanol–water partition coefficient (Wildman–Crippen LogP) is 5.55. The van der Waals surface area contributed by atoms with E-state index in [1.807, 2.05) is 76.9 Å². The average molecular weight is 542 g/mol. The zero-order valence-electron chi connectivity index (χ0n) is 24.4. The highest BCUT2D eigenvalue weighted by Crippen LogP contribution is 2.35. The van der Waals surface area contributed by atoms with E-state index in [0.717, 1.165) is 29.3 Å². The molecule has 2 saturated heterocycles. The van der Waals surface area contributed by atoms with E-state index in [1.165, 1.54) is 0 Å². The maximum atomic E-state index is 13.3. The summed E-state index contributed by atoms with van der Waals surface area (Å²) < 4.78 is 18.3. The summed E-state index contributed by atoms with van der Waals surface area (Å²) in [4.78, 5) is 42.6. The lowest BCUT2D eigenvalue weighted by atomic mass is 9.89. The molecule has 0 aliphatic carbocycles. The second-order valence-corrected chi connectivity index (χ2v) is 12.7. The molecule has 39 heavy (non-hydrogen) atoms. The minimum absolute atomic E-state index is 0.0416. The first-order valence-electron chi connectivity index (χ1n) is 13.9. The Balaban J connectivity index is 1.42. The van der Waals surface area contributed by atoms with Crippen LogP contribution in [0.3, 0.4) is 0 Å². The molecule has 4 rings (SSSR count). The van der Waals surface area contributed by atoms with Crippen molar-refractivity contribution in [1.29, 1.82) is 0 Å². The van der Waals surface area contributed by atoms with Gasteiger partial charge in [-0.05, 0) is 78.4 Å². The fourth-order valence-corrected chi connectivity index (χ4v) is 5.55. The summed E-state index contributed by atoms with van der Waals surface area (Å²) in [5.74, 6) is 0.269. The van der Waals surface area contributed by atoms with Gasteiger partial charge in [-0.1, -0.05) is 18.2 Å². The van der Waals surface area contributed by atoms with E-state index in [1.54, 1.807) is 16.6 Å². The second-order valence-electron chi connectivity index (χ2n) is 12.7. The summed E-state index contributed by atoms with van der Waals surface area (Å²) in [6.45, 7) is 12.8. The topological polar surface area (TPSA) is 90.3 Å². The number of hydrogen-bond donors (Lipinski definition) is 0. The van der Waals surface area contributed by atoms with Gasteiger partial charge in [-0.15, -0.1) is 0 Å². The molecule has 2 amide bonds. The number of benzene rings is 1. The number of amides is 2. The average Bonchev–Trinajstić information content (AvgIpc) is 3.44. The highest BCUT2D eigenvalue weighted by Gasteiger charge is 2.40. The number of likely N-dealkylation sites (tertiary alicyclic amines) is 2. The van der Waals surface area contributed by atoms with Crippen LogP contribution in [-0.2, 0) is 19.0 Å². The normalized spacial score (nSPS) is 20.9. The quantitative estimate of drug-likeness (QED) is 0.505. The highest BCUT2D eigenvalue weighted by molar-refractivity contribution is 5.92. The lowest BCUT2D eigenvalue weighted by molar-refractivity contribution is -0.133. The van der Waals surface area contributed by atoms with Crippen LogP contribution in [0.1, 0.15) is 78.7 Å². The van der Waals surface area contributed by atoms with Gasteiger partial charge in [0.1, 0.15) is 11.2 Å². The molecule has 1 aromatic heterocycles. The minimum Gasteiger partial charge on any atom is -0.444 e. The zero-order chi connectivity index (χ0) is 28.5. The third kappa shape index (κ3) is 6.93. The van der Waals surface area contributed by atoms with E-state index in [2.05, 4.69) is 0 Å². The molecule has 0 unspecified atom stereocenters. The first kappa shape index (κ1) is 28.9. The van der Waals surface area contributed by atoms with Crippen LogP contribution < -0.4 is 0 Å². The Morgan fingerprint density at radius 2 is 1.54 bits per heavy atom. The molecule has 0 radical (unpaired) electrons. The molecular weight excluding hydrogens is 498 g/mol. The Hall–Kier alpha value is -3.07. The Bertz CT molecular complexity index is 1200. The number of para-hydroxylation sites is 1. The fourth-order valence-electron chi connectivity index (χ4n) is 5.55. The number of nitrogens with zero attached hydrogens (tertiary/aromatic N) is 3. The lowest BCUT2D eigenvalue weighted by Gasteiger charge is -2.34. The van der Waals surface area contributed by atoms with Gasteiger partial charge in [0.15, 0.2) is 0 Å². The molecule has 0 spiro atoms. The predicted molar refractivity (Wildman–Crippen MR) is 149 cm³/mol. The number of rotatable bonds is 4. The van der Waals surface area contributed by atoms with Gasteiger partial charge in [0.05, 0.1) is 18.2 Å². The van der Waals surface area contributed by atoms with Crippen LogP contribution >= 0.6 is 0 Å². The molecule has 3 heterocycles. The van der Waals surface area contributed by atoms with Crippen molar-refractivity contribution in [2.75, 3.05) is 26.7 Å². The van der Waals surface area contributed by atoms with E-state index in [0.29, 0.717) is 26.1 Å². The van der Waals surface area contributed by atoms with Crippen molar-refractivity contribution >= 4 is 29.0 Å².